The first-order valence-corrected chi connectivity index (χ1v) is 37.7. The highest BCUT2D eigenvalue weighted by Crippen LogP contribution is 2.65. The topological polar surface area (TPSA) is 134 Å². The Hall–Kier alpha value is -1.90. The summed E-state index contributed by atoms with van der Waals surface area (Å²) in [6.45, 7) is 45.5. The predicted octanol–water partition coefficient (Wildman–Crippen LogP) is 17.7. The molecule has 0 amide bonds. The minimum atomic E-state index is -1.30. The molecule has 500 valence electrons. The van der Waals surface area contributed by atoms with Crippen LogP contribution in [0.5, 0.6) is 0 Å². The van der Waals surface area contributed by atoms with E-state index in [1.54, 1.807) is 0 Å². The fraction of sp³-hybridized carbons (Fsp3) is 0.681. The van der Waals surface area contributed by atoms with Crippen molar-refractivity contribution in [3.8, 4) is 0 Å². The van der Waals surface area contributed by atoms with Gasteiger partial charge in [-0.1, -0.05) is 128 Å². The van der Waals surface area contributed by atoms with Gasteiger partial charge in [0.05, 0.1) is 73.4 Å². The number of rotatable bonds is 14. The number of fused-ring (bicyclic) bond motifs is 3. The van der Waals surface area contributed by atoms with Gasteiger partial charge in [0.15, 0.2) is 0 Å². The van der Waals surface area contributed by atoms with Gasteiger partial charge in [-0.2, -0.15) is 4.40 Å². The van der Waals surface area contributed by atoms with Crippen molar-refractivity contribution in [1.82, 2.24) is 9.44 Å². The quantitative estimate of drug-likeness (QED) is 0.152. The summed E-state index contributed by atoms with van der Waals surface area (Å²) in [6.07, 6.45) is 9.36. The van der Waals surface area contributed by atoms with Crippen LogP contribution < -0.4 is 9.44 Å². The highest BCUT2D eigenvalue weighted by atomic mass is 79.9. The number of nitrogens with zero attached hydrogens (tertiary/aromatic N) is 1. The molecule has 6 unspecified atom stereocenters. The van der Waals surface area contributed by atoms with Crippen LogP contribution in [0.3, 0.4) is 0 Å². The normalized spacial score (nSPS) is 33.6. The van der Waals surface area contributed by atoms with Gasteiger partial charge in [0.2, 0.25) is 0 Å². The first-order valence-electron chi connectivity index (χ1n) is 31.9. The molecule has 6 aliphatic rings. The molecule has 0 radical (unpaired) electrons. The van der Waals surface area contributed by atoms with Crippen molar-refractivity contribution in [3.05, 3.63) is 126 Å². The molecule has 17 heteroatoms. The van der Waals surface area contributed by atoms with E-state index in [1.165, 1.54) is 22.3 Å². The molecule has 0 bridgehead atoms. The van der Waals surface area contributed by atoms with E-state index in [9.17, 15) is 12.6 Å². The van der Waals surface area contributed by atoms with Crippen molar-refractivity contribution in [1.29, 1.82) is 0 Å². The number of ether oxygens (including phenoxy) is 5. The van der Waals surface area contributed by atoms with Crippen molar-refractivity contribution >= 4 is 86.5 Å². The second kappa shape index (κ2) is 29.2. The minimum absolute atomic E-state index is 0. The van der Waals surface area contributed by atoms with Crippen LogP contribution in [-0.4, -0.2) is 85.4 Å². The van der Waals surface area contributed by atoms with Gasteiger partial charge in [0.1, 0.15) is 33.6 Å². The second-order valence-electron chi connectivity index (χ2n) is 29.9. The van der Waals surface area contributed by atoms with E-state index in [0.29, 0.717) is 60.2 Å². The van der Waals surface area contributed by atoms with Gasteiger partial charge < -0.3 is 23.7 Å². The lowest BCUT2D eigenvalue weighted by Crippen LogP contribution is -2.61. The van der Waals surface area contributed by atoms with E-state index in [4.69, 9.17) is 28.1 Å². The van der Waals surface area contributed by atoms with Crippen LogP contribution in [0.1, 0.15) is 197 Å². The van der Waals surface area contributed by atoms with Crippen LogP contribution in [0.4, 0.5) is 0 Å². The van der Waals surface area contributed by atoms with Crippen molar-refractivity contribution < 1.29 is 36.3 Å². The molecule has 3 aromatic carbocycles. The standard InChI is InChI=1S/2C25H38BrNO3S.C21H30BrNO2S.CH4/c2*1-9-30-18(4)25(27-31(28)23(5,6)7)21-12-20(26)11-10-19(21)15-24(25)13-16(2)22(29-8)17(3)14-24;1-13-10-21(11-14(2)18(13)25-6)12-15-7-8-16(22)9-17(15)19(21)23-26(24)20(3,4)5;/h2*10-12,16-17,22,27H,4,9,13-15H2,1-3,5-8H3;7-9,13-14,18H,10-12H2,1-6H3;1H4/t16-,17+,22?,24?,25-,31+;16-,17+,22?,24?,25-,31-;13-,14+,18?,21?,26-;/m100./s1. The Morgan fingerprint density at radius 2 is 0.854 bits per heavy atom. The third-order valence-electron chi connectivity index (χ3n) is 20.2. The molecule has 3 saturated carbocycles. The van der Waals surface area contributed by atoms with E-state index in [1.807, 2.05) is 97.5 Å². The number of hydrogen-bond donors (Lipinski definition) is 2. The summed E-state index contributed by atoms with van der Waals surface area (Å²) >= 11 is 11.0. The van der Waals surface area contributed by atoms with E-state index in [2.05, 4.69) is 167 Å². The molecule has 0 aliphatic heterocycles. The summed E-state index contributed by atoms with van der Waals surface area (Å²) in [5, 5.41) is 0. The van der Waals surface area contributed by atoms with Gasteiger partial charge in [0.25, 0.3) is 0 Å². The largest absolute Gasteiger partial charge is 0.496 e. The molecule has 0 heterocycles. The maximum absolute atomic E-state index is 13.6. The highest BCUT2D eigenvalue weighted by molar-refractivity contribution is 9.11. The summed E-state index contributed by atoms with van der Waals surface area (Å²) in [5.74, 6) is 3.70. The number of benzene rings is 3. The molecule has 89 heavy (non-hydrogen) atoms. The van der Waals surface area contributed by atoms with E-state index >= 15 is 0 Å². The Balaban J connectivity index is 0.000000212. The van der Waals surface area contributed by atoms with Crippen molar-refractivity contribution in [2.45, 2.75) is 227 Å². The van der Waals surface area contributed by atoms with Crippen LogP contribution >= 0.6 is 47.8 Å². The molecular weight excluding hydrogens is 1370 g/mol. The number of hydrogen-bond acceptors (Lipinski definition) is 8. The lowest BCUT2D eigenvalue weighted by Gasteiger charge is -2.54. The fourth-order valence-electron chi connectivity index (χ4n) is 17.1. The van der Waals surface area contributed by atoms with Gasteiger partial charge in [-0.3, -0.25) is 0 Å². The molecule has 3 spiro atoms. The first kappa shape index (κ1) is 76.1. The smallest absolute Gasteiger partial charge is 0.145 e. The third-order valence-corrected chi connectivity index (χ3v) is 26.3. The average molecular weight is 1480 g/mol. The maximum atomic E-state index is 13.6. The Bertz CT molecular complexity index is 2960. The van der Waals surface area contributed by atoms with E-state index in [-0.39, 0.29) is 46.7 Å². The summed E-state index contributed by atoms with van der Waals surface area (Å²) < 4.78 is 83.9. The molecule has 11 nitrogen and oxygen atoms in total. The molecule has 0 aromatic heterocycles. The van der Waals surface area contributed by atoms with Crippen molar-refractivity contribution in [2.24, 2.45) is 56.2 Å². The zero-order chi connectivity index (χ0) is 65.7. The second-order valence-corrected chi connectivity index (χ2v) is 38.5. The molecular formula is C72H110Br3N3O8S3. The van der Waals surface area contributed by atoms with Gasteiger partial charge in [-0.25, -0.2) is 22.1 Å². The zero-order valence-corrected chi connectivity index (χ0v) is 63.9. The van der Waals surface area contributed by atoms with Gasteiger partial charge in [0, 0.05) is 56.6 Å². The van der Waals surface area contributed by atoms with Crippen LogP contribution in [-0.2, 0) is 87.0 Å². The minimum Gasteiger partial charge on any atom is -0.496 e. The van der Waals surface area contributed by atoms with Crippen LogP contribution in [0.15, 0.2) is 97.1 Å². The number of nitrogens with one attached hydrogen (secondary N) is 2. The van der Waals surface area contributed by atoms with Gasteiger partial charge in [-0.15, -0.1) is 0 Å². The molecule has 9 rings (SSSR count). The molecule has 0 saturated heterocycles. The zero-order valence-electron chi connectivity index (χ0n) is 56.7. The number of methoxy groups -OCH3 is 3. The lowest BCUT2D eigenvalue weighted by atomic mass is 9.56. The third kappa shape index (κ3) is 14.9. The van der Waals surface area contributed by atoms with Crippen molar-refractivity contribution in [2.75, 3.05) is 34.5 Å². The monoisotopic (exact) mass is 1480 g/mol. The Morgan fingerprint density at radius 3 is 1.17 bits per heavy atom. The maximum Gasteiger partial charge on any atom is 0.145 e. The molecule has 17 atom stereocenters. The Morgan fingerprint density at radius 1 is 0.528 bits per heavy atom. The molecule has 2 N–H and O–H groups in total. The first-order chi connectivity index (χ1) is 40.9. The van der Waals surface area contributed by atoms with E-state index < -0.39 is 53.5 Å². The highest BCUT2D eigenvalue weighted by Gasteiger charge is 2.66. The lowest BCUT2D eigenvalue weighted by molar-refractivity contribution is -0.0800. The summed E-state index contributed by atoms with van der Waals surface area (Å²) in [4.78, 5) is 0. The Kier molecular flexibility index (Phi) is 25.0. The molecule has 6 aliphatic carbocycles. The molecule has 3 fully saturated rings. The fourth-order valence-corrected chi connectivity index (χ4v) is 21.0. The van der Waals surface area contributed by atoms with Crippen molar-refractivity contribution in [3.63, 3.8) is 0 Å². The average Bonchev–Trinajstić information content (AvgIpc) is 1.59. The van der Waals surface area contributed by atoms with Crippen LogP contribution in [0.2, 0.25) is 0 Å². The van der Waals surface area contributed by atoms with Crippen LogP contribution in [0.25, 0.3) is 0 Å². The van der Waals surface area contributed by atoms with Gasteiger partial charge in [-0.05, 0) is 234 Å². The SMILES string of the molecule is C.C=C(OCC)[C@@]1(N[S@@](=O)C(C)(C)C)c2cc(Br)ccc2CC12C[C@@H](C)C(OC)[C@@H](C)C2.C=C(OCC)[C@]1(N[S@@](=O)C(C)(C)C)c2cc(Br)ccc2CC12C[C@@H](C)C(OC)[C@@H](C)C2.COC1[C@H](C)CC2(Cc3ccc(Br)cc3C2=N[S@@](=O)C(C)(C)C)C[C@@H]1C. The van der Waals surface area contributed by atoms with Crippen LogP contribution in [0, 0.1) is 51.8 Å². The van der Waals surface area contributed by atoms with E-state index in [0.717, 1.165) is 88.0 Å². The summed E-state index contributed by atoms with van der Waals surface area (Å²) in [5.41, 5.74) is 6.47. The summed E-state index contributed by atoms with van der Waals surface area (Å²) in [6, 6.07) is 19.4. The predicted molar refractivity (Wildman–Crippen MR) is 384 cm³/mol. The molecule has 3 aromatic rings. The Labute approximate surface area is 571 Å². The summed E-state index contributed by atoms with van der Waals surface area (Å²) in [7, 11) is 1.58. The number of halogens is 3. The van der Waals surface area contributed by atoms with Gasteiger partial charge >= 0.3 is 0 Å².